The molecular formula is C18H27N3O2. The lowest BCUT2D eigenvalue weighted by molar-refractivity contribution is 0.00214. The number of nitrogens with zero attached hydrogens (tertiary/aromatic N) is 3. The second kappa shape index (κ2) is 6.48. The zero-order valence-electron chi connectivity index (χ0n) is 14.4. The van der Waals surface area contributed by atoms with E-state index < -0.39 is 0 Å². The molecule has 1 aromatic heterocycles. The van der Waals surface area contributed by atoms with Crippen LogP contribution in [0.4, 0.5) is 5.82 Å². The van der Waals surface area contributed by atoms with E-state index in [4.69, 9.17) is 4.74 Å². The molecule has 0 N–H and O–H groups in total. The van der Waals surface area contributed by atoms with E-state index in [0.29, 0.717) is 11.7 Å². The van der Waals surface area contributed by atoms with Crippen LogP contribution in [0.5, 0.6) is 0 Å². The Morgan fingerprint density at radius 2 is 2.17 bits per heavy atom. The van der Waals surface area contributed by atoms with Gasteiger partial charge in [-0.1, -0.05) is 6.42 Å². The van der Waals surface area contributed by atoms with Crippen molar-refractivity contribution >= 4 is 11.7 Å². The maximum Gasteiger partial charge on any atom is 0.257 e. The van der Waals surface area contributed by atoms with Crippen LogP contribution in [-0.4, -0.2) is 56.2 Å². The molecule has 0 unspecified atom stereocenters. The largest absolute Gasteiger partial charge is 0.381 e. The monoisotopic (exact) mass is 317 g/mol. The smallest absolute Gasteiger partial charge is 0.257 e. The van der Waals surface area contributed by atoms with E-state index in [1.807, 2.05) is 19.2 Å². The highest BCUT2D eigenvalue weighted by Gasteiger charge is 2.46. The van der Waals surface area contributed by atoms with Crippen LogP contribution >= 0.6 is 0 Å². The number of ether oxygens (including phenoxy) is 1. The SMILES string of the molecule is CO[C@@H]1CCC[C@]12CCCN(c1ncccc1C(=O)N(C)C)C2. The quantitative estimate of drug-likeness (QED) is 0.859. The number of methoxy groups -OCH3 is 1. The minimum atomic E-state index is 0.0161. The maximum absolute atomic E-state index is 12.5. The lowest BCUT2D eigenvalue weighted by Crippen LogP contribution is -2.48. The van der Waals surface area contributed by atoms with E-state index in [1.165, 1.54) is 19.3 Å². The van der Waals surface area contributed by atoms with Crippen LogP contribution in [0, 0.1) is 5.41 Å². The number of carbonyl (C=O) groups excluding carboxylic acids is 1. The van der Waals surface area contributed by atoms with E-state index in [2.05, 4.69) is 9.88 Å². The Labute approximate surface area is 138 Å². The van der Waals surface area contributed by atoms with Gasteiger partial charge in [-0.15, -0.1) is 0 Å². The molecule has 1 aliphatic heterocycles. The number of aromatic nitrogens is 1. The van der Waals surface area contributed by atoms with Crippen molar-refractivity contribution in [1.29, 1.82) is 0 Å². The van der Waals surface area contributed by atoms with Crippen LogP contribution in [0.3, 0.4) is 0 Å². The second-order valence-electron chi connectivity index (χ2n) is 7.08. The first kappa shape index (κ1) is 16.2. The molecule has 0 radical (unpaired) electrons. The van der Waals surface area contributed by atoms with E-state index in [1.54, 1.807) is 25.2 Å². The number of carbonyl (C=O) groups is 1. The van der Waals surface area contributed by atoms with Gasteiger partial charge in [-0.25, -0.2) is 4.98 Å². The van der Waals surface area contributed by atoms with Crippen molar-refractivity contribution in [3.05, 3.63) is 23.9 Å². The Bertz CT molecular complexity index is 575. The van der Waals surface area contributed by atoms with Crippen LogP contribution in [-0.2, 0) is 4.74 Å². The Morgan fingerprint density at radius 1 is 1.39 bits per heavy atom. The number of hydrogen-bond donors (Lipinski definition) is 0. The highest BCUT2D eigenvalue weighted by molar-refractivity contribution is 5.98. The summed E-state index contributed by atoms with van der Waals surface area (Å²) in [7, 11) is 5.40. The first-order valence-electron chi connectivity index (χ1n) is 8.52. The number of anilines is 1. The molecule has 2 heterocycles. The minimum absolute atomic E-state index is 0.0161. The van der Waals surface area contributed by atoms with Gasteiger partial charge in [-0.2, -0.15) is 0 Å². The standard InChI is InChI=1S/C18H27N3O2/c1-20(2)17(22)14-7-5-11-19-16(14)21-12-6-10-18(13-21)9-4-8-15(18)23-3/h5,7,11,15H,4,6,8-10,12-13H2,1-3H3/t15-,18-/m1/s1. The summed E-state index contributed by atoms with van der Waals surface area (Å²) in [6, 6.07) is 3.72. The molecule has 5 heteroatoms. The maximum atomic E-state index is 12.5. The van der Waals surface area contributed by atoms with Crippen molar-refractivity contribution in [3.63, 3.8) is 0 Å². The summed E-state index contributed by atoms with van der Waals surface area (Å²) in [6.07, 6.45) is 8.06. The van der Waals surface area contributed by atoms with Crippen molar-refractivity contribution < 1.29 is 9.53 Å². The van der Waals surface area contributed by atoms with Crippen molar-refractivity contribution in [2.45, 2.75) is 38.2 Å². The average molecular weight is 317 g/mol. The summed E-state index contributed by atoms with van der Waals surface area (Å²) >= 11 is 0. The van der Waals surface area contributed by atoms with Crippen molar-refractivity contribution in [3.8, 4) is 0 Å². The minimum Gasteiger partial charge on any atom is -0.381 e. The van der Waals surface area contributed by atoms with Gasteiger partial charge in [0.2, 0.25) is 0 Å². The second-order valence-corrected chi connectivity index (χ2v) is 7.08. The fraction of sp³-hybridized carbons (Fsp3) is 0.667. The summed E-state index contributed by atoms with van der Waals surface area (Å²) in [5, 5.41) is 0. The molecule has 126 valence electrons. The van der Waals surface area contributed by atoms with Crippen molar-refractivity contribution in [1.82, 2.24) is 9.88 Å². The molecule has 2 fully saturated rings. The molecule has 0 bridgehead atoms. The van der Waals surface area contributed by atoms with Crippen LogP contribution in [0.1, 0.15) is 42.5 Å². The molecule has 1 aliphatic carbocycles. The lowest BCUT2D eigenvalue weighted by Gasteiger charge is -2.44. The molecule has 5 nitrogen and oxygen atoms in total. The molecule has 0 aromatic carbocycles. The number of rotatable bonds is 3. The summed E-state index contributed by atoms with van der Waals surface area (Å²) < 4.78 is 5.78. The van der Waals surface area contributed by atoms with Gasteiger partial charge in [-0.3, -0.25) is 4.79 Å². The van der Waals surface area contributed by atoms with Crippen LogP contribution in [0.2, 0.25) is 0 Å². The van der Waals surface area contributed by atoms with Crippen LogP contribution in [0.15, 0.2) is 18.3 Å². The Balaban J connectivity index is 1.89. The van der Waals surface area contributed by atoms with Crippen LogP contribution < -0.4 is 4.90 Å². The van der Waals surface area contributed by atoms with E-state index in [-0.39, 0.29) is 11.3 Å². The van der Waals surface area contributed by atoms with Gasteiger partial charge in [0.1, 0.15) is 5.82 Å². The fourth-order valence-corrected chi connectivity index (χ4v) is 4.34. The molecule has 3 rings (SSSR count). The van der Waals surface area contributed by atoms with Gasteiger partial charge in [-0.05, 0) is 37.8 Å². The predicted octanol–water partition coefficient (Wildman–Crippen LogP) is 2.57. The lowest BCUT2D eigenvalue weighted by atomic mass is 9.76. The molecule has 1 saturated carbocycles. The highest BCUT2D eigenvalue weighted by atomic mass is 16.5. The Morgan fingerprint density at radius 3 is 2.91 bits per heavy atom. The zero-order valence-corrected chi connectivity index (χ0v) is 14.4. The van der Waals surface area contributed by atoms with Gasteiger partial charge in [0.25, 0.3) is 5.91 Å². The summed E-state index contributed by atoms with van der Waals surface area (Å²) in [5.41, 5.74) is 0.921. The van der Waals surface area contributed by atoms with E-state index in [0.717, 1.165) is 31.7 Å². The number of pyridine rings is 1. The van der Waals surface area contributed by atoms with Crippen LogP contribution in [0.25, 0.3) is 0 Å². The summed E-state index contributed by atoms with van der Waals surface area (Å²) in [5.74, 6) is 0.842. The summed E-state index contributed by atoms with van der Waals surface area (Å²) in [4.78, 5) is 20.9. The van der Waals surface area contributed by atoms with E-state index in [9.17, 15) is 4.79 Å². The molecule has 1 amide bonds. The third-order valence-corrected chi connectivity index (χ3v) is 5.44. The van der Waals surface area contributed by atoms with E-state index >= 15 is 0 Å². The third-order valence-electron chi connectivity index (χ3n) is 5.44. The molecule has 1 spiro atoms. The average Bonchev–Trinajstić information content (AvgIpc) is 2.95. The van der Waals surface area contributed by atoms with Gasteiger partial charge in [0.05, 0.1) is 11.7 Å². The molecule has 2 aliphatic rings. The highest BCUT2D eigenvalue weighted by Crippen LogP contribution is 2.47. The summed E-state index contributed by atoms with van der Waals surface area (Å²) in [6.45, 7) is 1.90. The van der Waals surface area contributed by atoms with Gasteiger partial charge in [0, 0.05) is 45.9 Å². The van der Waals surface area contributed by atoms with Gasteiger partial charge < -0.3 is 14.5 Å². The van der Waals surface area contributed by atoms with Crippen molar-refractivity contribution in [2.24, 2.45) is 5.41 Å². The fourth-order valence-electron chi connectivity index (χ4n) is 4.34. The van der Waals surface area contributed by atoms with Gasteiger partial charge >= 0.3 is 0 Å². The molecule has 1 saturated heterocycles. The molecular weight excluding hydrogens is 290 g/mol. The number of piperidine rings is 1. The Kier molecular flexibility index (Phi) is 4.57. The first-order valence-corrected chi connectivity index (χ1v) is 8.52. The zero-order chi connectivity index (χ0) is 16.4. The Hall–Kier alpha value is -1.62. The molecule has 2 atom stereocenters. The third kappa shape index (κ3) is 2.94. The normalized spacial score (nSPS) is 27.4. The topological polar surface area (TPSA) is 45.7 Å². The number of hydrogen-bond acceptors (Lipinski definition) is 4. The number of amides is 1. The molecule has 1 aromatic rings. The predicted molar refractivity (Wildman–Crippen MR) is 90.8 cm³/mol. The molecule has 23 heavy (non-hydrogen) atoms. The van der Waals surface area contributed by atoms with Crippen molar-refractivity contribution in [2.75, 3.05) is 39.2 Å². The first-order chi connectivity index (χ1) is 11.1. The van der Waals surface area contributed by atoms with Gasteiger partial charge in [0.15, 0.2) is 0 Å².